The molecular formula is C15H15N3O2. The highest BCUT2D eigenvalue weighted by molar-refractivity contribution is 6.27. The van der Waals surface area contributed by atoms with Crippen molar-refractivity contribution in [3.05, 3.63) is 53.1 Å². The van der Waals surface area contributed by atoms with Crippen molar-refractivity contribution >= 4 is 11.6 Å². The standard InChI is InChI=1S/C15H15N3O2/c1-17(2)8-9-18-7-5-11-13(18)15(20)10-4-3-6-16-12(10)14(11)19/h3-7H,8-9H2,1-2H3. The van der Waals surface area contributed by atoms with E-state index in [1.165, 1.54) is 6.20 Å². The molecule has 0 radical (unpaired) electrons. The smallest absolute Gasteiger partial charge is 0.214 e. The van der Waals surface area contributed by atoms with Crippen LogP contribution < -0.4 is 0 Å². The molecule has 20 heavy (non-hydrogen) atoms. The van der Waals surface area contributed by atoms with E-state index in [-0.39, 0.29) is 17.3 Å². The van der Waals surface area contributed by atoms with Crippen LogP contribution in [-0.4, -0.2) is 46.7 Å². The molecule has 1 aliphatic rings. The number of carbonyl (C=O) groups is 2. The number of nitrogens with zero attached hydrogens (tertiary/aromatic N) is 3. The molecule has 0 aromatic carbocycles. The van der Waals surface area contributed by atoms with Crippen molar-refractivity contribution in [1.82, 2.24) is 14.5 Å². The molecule has 2 aromatic rings. The molecule has 0 N–H and O–H groups in total. The minimum atomic E-state index is -0.168. The van der Waals surface area contributed by atoms with E-state index in [2.05, 4.69) is 4.98 Å². The fourth-order valence-corrected chi connectivity index (χ4v) is 2.43. The summed E-state index contributed by atoms with van der Waals surface area (Å²) in [5.74, 6) is -0.287. The minimum absolute atomic E-state index is 0.119. The maximum absolute atomic E-state index is 12.6. The van der Waals surface area contributed by atoms with Crippen LogP contribution in [0.3, 0.4) is 0 Å². The monoisotopic (exact) mass is 269 g/mol. The Bertz CT molecular complexity index is 701. The maximum Gasteiger partial charge on any atom is 0.214 e. The van der Waals surface area contributed by atoms with E-state index in [0.29, 0.717) is 23.4 Å². The van der Waals surface area contributed by atoms with Crippen molar-refractivity contribution in [2.24, 2.45) is 0 Å². The van der Waals surface area contributed by atoms with Gasteiger partial charge in [0.1, 0.15) is 11.4 Å². The molecule has 0 saturated heterocycles. The van der Waals surface area contributed by atoms with Crippen molar-refractivity contribution in [3.63, 3.8) is 0 Å². The second-order valence-corrected chi connectivity index (χ2v) is 5.13. The molecule has 5 heteroatoms. The van der Waals surface area contributed by atoms with E-state index in [4.69, 9.17) is 0 Å². The predicted octanol–water partition coefficient (Wildman–Crippen LogP) is 1.22. The summed E-state index contributed by atoms with van der Waals surface area (Å²) >= 11 is 0. The number of hydrogen-bond donors (Lipinski definition) is 0. The van der Waals surface area contributed by atoms with Crippen LogP contribution in [-0.2, 0) is 6.54 Å². The number of rotatable bonds is 3. The van der Waals surface area contributed by atoms with E-state index in [0.717, 1.165) is 6.54 Å². The molecule has 5 nitrogen and oxygen atoms in total. The van der Waals surface area contributed by atoms with Crippen molar-refractivity contribution in [3.8, 4) is 0 Å². The SMILES string of the molecule is CN(C)CCn1ccc2c1C(=O)c1cccnc1C2=O. The third kappa shape index (κ3) is 1.87. The first-order valence-electron chi connectivity index (χ1n) is 6.48. The highest BCUT2D eigenvalue weighted by atomic mass is 16.1. The molecule has 0 unspecified atom stereocenters. The van der Waals surface area contributed by atoms with Gasteiger partial charge in [-0.25, -0.2) is 0 Å². The molecule has 0 aliphatic heterocycles. The Hall–Kier alpha value is -2.27. The summed E-state index contributed by atoms with van der Waals surface area (Å²) in [5.41, 5.74) is 1.60. The third-order valence-corrected chi connectivity index (χ3v) is 3.48. The van der Waals surface area contributed by atoms with Gasteiger partial charge in [-0.05, 0) is 32.3 Å². The van der Waals surface area contributed by atoms with Crippen molar-refractivity contribution < 1.29 is 9.59 Å². The summed E-state index contributed by atoms with van der Waals surface area (Å²) in [6.45, 7) is 1.49. The summed E-state index contributed by atoms with van der Waals surface area (Å²) in [4.78, 5) is 31.0. The summed E-state index contributed by atoms with van der Waals surface area (Å²) in [6.07, 6.45) is 3.34. The molecule has 102 valence electrons. The van der Waals surface area contributed by atoms with Gasteiger partial charge in [0.2, 0.25) is 11.6 Å². The molecular weight excluding hydrogens is 254 g/mol. The zero-order valence-corrected chi connectivity index (χ0v) is 11.5. The second kappa shape index (κ2) is 4.68. The first kappa shape index (κ1) is 12.7. The van der Waals surface area contributed by atoms with Gasteiger partial charge in [-0.1, -0.05) is 0 Å². The van der Waals surface area contributed by atoms with Gasteiger partial charge in [0.05, 0.1) is 11.1 Å². The summed E-state index contributed by atoms with van der Waals surface area (Å²) in [6, 6.07) is 5.06. The molecule has 2 aromatic heterocycles. The summed E-state index contributed by atoms with van der Waals surface area (Å²) < 4.78 is 1.85. The molecule has 0 bridgehead atoms. The Labute approximate surface area is 116 Å². The maximum atomic E-state index is 12.6. The topological polar surface area (TPSA) is 55.2 Å². The van der Waals surface area contributed by atoms with Gasteiger partial charge in [-0.15, -0.1) is 0 Å². The van der Waals surface area contributed by atoms with Gasteiger partial charge in [0.25, 0.3) is 0 Å². The van der Waals surface area contributed by atoms with E-state index in [9.17, 15) is 9.59 Å². The molecule has 0 saturated carbocycles. The van der Waals surface area contributed by atoms with E-state index in [1.807, 2.05) is 23.6 Å². The number of aromatic nitrogens is 2. The molecule has 0 fully saturated rings. The zero-order chi connectivity index (χ0) is 14.3. The van der Waals surface area contributed by atoms with Gasteiger partial charge in [0, 0.05) is 25.5 Å². The first-order chi connectivity index (χ1) is 9.59. The van der Waals surface area contributed by atoms with Crippen LogP contribution in [0.5, 0.6) is 0 Å². The lowest BCUT2D eigenvalue weighted by molar-refractivity contribution is 0.0969. The van der Waals surface area contributed by atoms with Gasteiger partial charge >= 0.3 is 0 Å². The first-order valence-corrected chi connectivity index (χ1v) is 6.48. The number of hydrogen-bond acceptors (Lipinski definition) is 4. The number of ketones is 2. The van der Waals surface area contributed by atoms with Crippen LogP contribution >= 0.6 is 0 Å². The summed E-state index contributed by atoms with van der Waals surface area (Å²) in [7, 11) is 3.95. The second-order valence-electron chi connectivity index (χ2n) is 5.13. The fourth-order valence-electron chi connectivity index (χ4n) is 2.43. The third-order valence-electron chi connectivity index (χ3n) is 3.48. The fraction of sp³-hybridized carbons (Fsp3) is 0.267. The van der Waals surface area contributed by atoms with Crippen LogP contribution in [0.15, 0.2) is 30.6 Å². The Kier molecular flexibility index (Phi) is 2.99. The van der Waals surface area contributed by atoms with Gasteiger partial charge in [-0.2, -0.15) is 0 Å². The van der Waals surface area contributed by atoms with Crippen molar-refractivity contribution in [1.29, 1.82) is 0 Å². The number of carbonyl (C=O) groups excluding carboxylic acids is 2. The zero-order valence-electron chi connectivity index (χ0n) is 11.5. The van der Waals surface area contributed by atoms with Crippen molar-refractivity contribution in [2.45, 2.75) is 6.54 Å². The average molecular weight is 269 g/mol. The molecule has 3 rings (SSSR count). The Balaban J connectivity index is 2.06. The predicted molar refractivity (Wildman–Crippen MR) is 74.1 cm³/mol. The van der Waals surface area contributed by atoms with E-state index in [1.54, 1.807) is 24.4 Å². The Morgan fingerprint density at radius 1 is 1.15 bits per heavy atom. The lowest BCUT2D eigenvalue weighted by atomic mass is 9.92. The lowest BCUT2D eigenvalue weighted by Gasteiger charge is -2.17. The normalized spacial score (nSPS) is 13.6. The highest BCUT2D eigenvalue weighted by Crippen LogP contribution is 2.26. The van der Waals surface area contributed by atoms with E-state index >= 15 is 0 Å². The minimum Gasteiger partial charge on any atom is -0.343 e. The number of pyridine rings is 1. The average Bonchev–Trinajstić information content (AvgIpc) is 2.87. The lowest BCUT2D eigenvalue weighted by Crippen LogP contribution is -2.26. The summed E-state index contributed by atoms with van der Waals surface area (Å²) in [5, 5.41) is 0. The van der Waals surface area contributed by atoms with Gasteiger partial charge in [-0.3, -0.25) is 14.6 Å². The Morgan fingerprint density at radius 2 is 1.95 bits per heavy atom. The molecule has 0 atom stereocenters. The largest absolute Gasteiger partial charge is 0.343 e. The van der Waals surface area contributed by atoms with E-state index < -0.39 is 0 Å². The highest BCUT2D eigenvalue weighted by Gasteiger charge is 2.33. The molecule has 1 aliphatic carbocycles. The van der Waals surface area contributed by atoms with Gasteiger partial charge < -0.3 is 9.47 Å². The van der Waals surface area contributed by atoms with Crippen LogP contribution in [0.2, 0.25) is 0 Å². The number of likely N-dealkylation sites (N-methyl/N-ethyl adjacent to an activating group) is 1. The molecule has 0 amide bonds. The van der Waals surface area contributed by atoms with Crippen LogP contribution in [0.4, 0.5) is 0 Å². The molecule has 0 spiro atoms. The van der Waals surface area contributed by atoms with Crippen molar-refractivity contribution in [2.75, 3.05) is 20.6 Å². The number of fused-ring (bicyclic) bond motifs is 2. The quantitative estimate of drug-likeness (QED) is 0.717. The van der Waals surface area contributed by atoms with Crippen LogP contribution in [0.25, 0.3) is 0 Å². The van der Waals surface area contributed by atoms with Gasteiger partial charge in [0.15, 0.2) is 0 Å². The van der Waals surface area contributed by atoms with Crippen LogP contribution in [0.1, 0.15) is 32.1 Å². The Morgan fingerprint density at radius 3 is 2.70 bits per heavy atom. The van der Waals surface area contributed by atoms with Crippen LogP contribution in [0, 0.1) is 0 Å². The molecule has 2 heterocycles.